The molecule has 2 fully saturated rings. The summed E-state index contributed by atoms with van der Waals surface area (Å²) in [7, 11) is 0. The Morgan fingerprint density at radius 1 is 0.706 bits per heavy atom. The zero-order chi connectivity index (χ0) is 47.3. The fourth-order valence-electron chi connectivity index (χ4n) is 10.2. The highest BCUT2D eigenvalue weighted by Gasteiger charge is 2.40. The van der Waals surface area contributed by atoms with Crippen molar-refractivity contribution in [3.05, 3.63) is 95.6 Å². The molecule has 0 unspecified atom stereocenters. The Balaban J connectivity index is 0.000000185. The van der Waals surface area contributed by atoms with Crippen LogP contribution in [0.2, 0.25) is 0 Å². The third-order valence-electron chi connectivity index (χ3n) is 13.6. The van der Waals surface area contributed by atoms with Crippen molar-refractivity contribution in [1.82, 2.24) is 21.1 Å². The minimum absolute atomic E-state index is 0. The Morgan fingerprint density at radius 2 is 1.19 bits per heavy atom. The number of hydrazone groups is 2. The maximum atomic E-state index is 15.1. The number of amides is 3. The zero-order valence-corrected chi connectivity index (χ0v) is 40.2. The molecule has 6 aliphatic heterocycles. The number of nitrogens with one attached hydrogen (secondary N) is 3. The highest BCUT2D eigenvalue weighted by molar-refractivity contribution is 6.10. The topological polar surface area (TPSA) is 149 Å². The van der Waals surface area contributed by atoms with Gasteiger partial charge in [-0.15, -0.1) is 12.4 Å². The van der Waals surface area contributed by atoms with Crippen molar-refractivity contribution >= 4 is 53.4 Å². The van der Waals surface area contributed by atoms with Crippen molar-refractivity contribution in [1.29, 1.82) is 0 Å². The van der Waals surface area contributed by atoms with Crippen molar-refractivity contribution in [2.24, 2.45) is 22.0 Å². The molecule has 0 saturated carbocycles. The van der Waals surface area contributed by atoms with E-state index in [9.17, 15) is 18.8 Å². The third-order valence-corrected chi connectivity index (χ3v) is 13.6. The second-order valence-electron chi connectivity index (χ2n) is 19.3. The largest absolute Gasteiger partial charge is 0.483 e. The van der Waals surface area contributed by atoms with Gasteiger partial charge in [0.25, 0.3) is 11.8 Å². The van der Waals surface area contributed by atoms with Crippen LogP contribution in [0.5, 0.6) is 11.5 Å². The Labute approximate surface area is 401 Å². The summed E-state index contributed by atoms with van der Waals surface area (Å²) in [6, 6.07) is 20.7. The van der Waals surface area contributed by atoms with E-state index in [2.05, 4.69) is 46.3 Å². The fourth-order valence-corrected chi connectivity index (χ4v) is 10.2. The van der Waals surface area contributed by atoms with Crippen molar-refractivity contribution < 1.29 is 37.4 Å². The van der Waals surface area contributed by atoms with Crippen LogP contribution in [0.4, 0.5) is 25.0 Å². The molecule has 17 heteroatoms. The molecule has 6 heterocycles. The first-order valence-corrected chi connectivity index (χ1v) is 23.2. The number of amidine groups is 2. The van der Waals surface area contributed by atoms with Gasteiger partial charge in [-0.1, -0.05) is 50.2 Å². The van der Waals surface area contributed by atoms with Crippen molar-refractivity contribution in [2.45, 2.75) is 90.8 Å². The van der Waals surface area contributed by atoms with Gasteiger partial charge in [-0.3, -0.25) is 9.59 Å². The molecule has 6 atom stereocenters. The highest BCUT2D eigenvalue weighted by Crippen LogP contribution is 2.48. The van der Waals surface area contributed by atoms with E-state index in [-0.39, 0.29) is 72.9 Å². The minimum Gasteiger partial charge on any atom is -0.483 e. The first-order chi connectivity index (χ1) is 32.1. The molecule has 3 amide bonds. The van der Waals surface area contributed by atoms with Gasteiger partial charge in [-0.25, -0.2) is 24.4 Å². The summed E-state index contributed by atoms with van der Waals surface area (Å²) in [5, 5.41) is 11.8. The SMILES string of the molecule is C[C@@H]1CN(C(=O)OC(C)(C)C)CC[C@@H]1c1cc2c(cc1-c1ccccc1F)OCC1=NNC(=O)[C@@H](C)N12.C[C@@H]1CNCC[C@@H]1c1cc2c(cc1-c1ccccc1F)OCC1=NNC(=O)[C@@H](C)N12.Cl. The molecule has 0 spiro atoms. The van der Waals surface area contributed by atoms with Crippen molar-refractivity contribution in [3.63, 3.8) is 0 Å². The molecule has 0 bridgehead atoms. The molecule has 10 rings (SSSR count). The standard InChI is InChI=1S/C28H33FN4O4.C23H25FN4O2.ClH/c1-16-14-32(27(35)37-28(3,4)5)11-10-18(16)20-12-23-24(13-21(20)19-8-6-7-9-22(19)29)36-15-25-30-31-26(34)17(2)33(23)25;1-13-11-25-8-7-15(13)17-9-20-21(10-18(17)16-5-3-4-6-19(16)24)30-12-22-26-27-23(29)14(2)28(20)22;/h6-9,12-13,16-18H,10-11,14-15H2,1-5H3,(H,31,34);3-6,9-10,13-15,25H,7-8,11-12H2,1-2H3,(H,27,29);1H/t16-,17-,18+;13-,14-,15+;/m11./s1. The van der Waals surface area contributed by atoms with Crippen LogP contribution in [0.15, 0.2) is 83.0 Å². The smallest absolute Gasteiger partial charge is 0.410 e. The number of fused-ring (bicyclic) bond motifs is 6. The van der Waals surface area contributed by atoms with Crippen molar-refractivity contribution in [2.75, 3.05) is 49.2 Å². The summed E-state index contributed by atoms with van der Waals surface area (Å²) >= 11 is 0. The highest BCUT2D eigenvalue weighted by atomic mass is 35.5. The van der Waals surface area contributed by atoms with Crippen LogP contribution in [0.1, 0.15) is 84.3 Å². The molecule has 360 valence electrons. The summed E-state index contributed by atoms with van der Waals surface area (Å²) < 4.78 is 47.5. The van der Waals surface area contributed by atoms with Gasteiger partial charge in [0.05, 0.1) is 11.4 Å². The number of anilines is 2. The molecule has 6 aliphatic rings. The Kier molecular flexibility index (Phi) is 13.7. The second kappa shape index (κ2) is 19.4. The number of carbonyl (C=O) groups excluding carboxylic acids is 3. The average Bonchev–Trinajstić information content (AvgIpc) is 3.30. The number of carbonyl (C=O) groups is 3. The maximum Gasteiger partial charge on any atom is 0.410 e. The molecule has 2 saturated heterocycles. The lowest BCUT2D eigenvalue weighted by Gasteiger charge is -2.41. The van der Waals surface area contributed by atoms with Crippen LogP contribution in [0.3, 0.4) is 0 Å². The van der Waals surface area contributed by atoms with E-state index >= 15 is 4.39 Å². The molecular formula is C51H59ClF2N8O6. The predicted molar refractivity (Wildman–Crippen MR) is 261 cm³/mol. The second-order valence-corrected chi connectivity index (χ2v) is 19.3. The quantitative estimate of drug-likeness (QED) is 0.183. The number of rotatable bonds is 4. The van der Waals surface area contributed by atoms with Gasteiger partial charge in [0.15, 0.2) is 11.7 Å². The fraction of sp³-hybridized carbons (Fsp3) is 0.431. The molecule has 0 radical (unpaired) electrons. The Bertz CT molecular complexity index is 2680. The molecule has 0 aromatic heterocycles. The van der Waals surface area contributed by atoms with E-state index in [0.29, 0.717) is 59.7 Å². The number of hydrogen-bond acceptors (Lipinski definition) is 11. The zero-order valence-electron chi connectivity index (χ0n) is 39.4. The van der Waals surface area contributed by atoms with Crippen molar-refractivity contribution in [3.8, 4) is 33.8 Å². The van der Waals surface area contributed by atoms with Gasteiger partial charge in [0.1, 0.15) is 54.0 Å². The van der Waals surface area contributed by atoms with E-state index < -0.39 is 17.7 Å². The van der Waals surface area contributed by atoms with Gasteiger partial charge in [-0.2, -0.15) is 10.2 Å². The number of ether oxygens (including phenoxy) is 3. The maximum absolute atomic E-state index is 15.1. The number of piperidine rings is 2. The van der Waals surface area contributed by atoms with Gasteiger partial charge >= 0.3 is 6.09 Å². The molecular weight excluding hydrogens is 894 g/mol. The normalized spacial score (nSPS) is 24.0. The van der Waals surface area contributed by atoms with Crippen LogP contribution in [-0.2, 0) is 14.3 Å². The van der Waals surface area contributed by atoms with E-state index in [4.69, 9.17) is 14.2 Å². The van der Waals surface area contributed by atoms with Gasteiger partial charge in [-0.05, 0) is 143 Å². The van der Waals surface area contributed by atoms with E-state index in [1.807, 2.05) is 80.8 Å². The van der Waals surface area contributed by atoms with E-state index in [1.54, 1.807) is 23.1 Å². The number of likely N-dealkylation sites (tertiary alicyclic amines) is 1. The minimum atomic E-state index is -0.565. The van der Waals surface area contributed by atoms with Crippen LogP contribution in [0, 0.1) is 23.5 Å². The van der Waals surface area contributed by atoms with Crippen LogP contribution < -0.4 is 35.4 Å². The van der Waals surface area contributed by atoms with E-state index in [1.165, 1.54) is 12.1 Å². The Hall–Kier alpha value is -6.26. The first-order valence-electron chi connectivity index (χ1n) is 23.2. The van der Waals surface area contributed by atoms with Gasteiger partial charge in [0.2, 0.25) is 0 Å². The molecule has 0 aliphatic carbocycles. The summed E-state index contributed by atoms with van der Waals surface area (Å²) in [4.78, 5) is 43.0. The lowest BCUT2D eigenvalue weighted by molar-refractivity contribution is -0.123. The van der Waals surface area contributed by atoms with Gasteiger partial charge in [0, 0.05) is 24.2 Å². The molecule has 4 aromatic rings. The number of benzene rings is 4. The lowest BCUT2D eigenvalue weighted by atomic mass is 9.78. The average molecular weight is 954 g/mol. The number of halogens is 3. The van der Waals surface area contributed by atoms with Crippen LogP contribution in [0.25, 0.3) is 22.3 Å². The number of nitrogens with zero attached hydrogens (tertiary/aromatic N) is 5. The van der Waals surface area contributed by atoms with Gasteiger partial charge < -0.3 is 34.2 Å². The van der Waals surface area contributed by atoms with Crippen LogP contribution in [-0.4, -0.2) is 91.6 Å². The molecule has 4 aromatic carbocycles. The Morgan fingerprint density at radius 3 is 1.65 bits per heavy atom. The summed E-state index contributed by atoms with van der Waals surface area (Å²) in [6.45, 7) is 17.0. The predicted octanol–water partition coefficient (Wildman–Crippen LogP) is 8.54. The first kappa shape index (κ1) is 48.2. The molecule has 3 N–H and O–H groups in total. The summed E-state index contributed by atoms with van der Waals surface area (Å²) in [6.07, 6.45) is 1.34. The molecule has 68 heavy (non-hydrogen) atoms. The number of hydrogen-bond donors (Lipinski definition) is 3. The molecule has 14 nitrogen and oxygen atoms in total. The summed E-state index contributed by atoms with van der Waals surface area (Å²) in [5.74, 6) is 2.45. The monoisotopic (exact) mass is 952 g/mol. The van der Waals surface area contributed by atoms with Crippen LogP contribution >= 0.6 is 12.4 Å². The third kappa shape index (κ3) is 9.32. The lowest BCUT2D eigenvalue weighted by Crippen LogP contribution is -2.55. The van der Waals surface area contributed by atoms with E-state index in [0.717, 1.165) is 53.1 Å². The summed E-state index contributed by atoms with van der Waals surface area (Å²) in [5.41, 5.74) is 10.9.